The number of rotatable bonds is 6. The number of primary amides is 1. The van der Waals surface area contributed by atoms with Crippen molar-refractivity contribution in [3.8, 4) is 0 Å². The zero-order valence-corrected chi connectivity index (χ0v) is 19.2. The summed E-state index contributed by atoms with van der Waals surface area (Å²) in [7, 11) is 0. The Morgan fingerprint density at radius 1 is 1.00 bits per heavy atom. The molecule has 10 heteroatoms. The van der Waals surface area contributed by atoms with Crippen molar-refractivity contribution in [1.29, 1.82) is 0 Å². The average molecular weight is 476 g/mol. The first-order valence-electron chi connectivity index (χ1n) is 10.3. The van der Waals surface area contributed by atoms with Crippen LogP contribution in [0, 0.1) is 0 Å². The summed E-state index contributed by atoms with van der Waals surface area (Å²) >= 11 is 10.5. The van der Waals surface area contributed by atoms with Crippen molar-refractivity contribution < 1.29 is 14.4 Å². The SMILES string of the molecule is NC(=O)c1ccc(N(S)C(=O)Nc2ccc(NC(=O)CN3CCCCCC3)c(Cl)c2)cc1. The molecule has 4 amide bonds. The summed E-state index contributed by atoms with van der Waals surface area (Å²) in [5.74, 6) is -0.675. The number of halogens is 1. The van der Waals surface area contributed by atoms with E-state index in [-0.39, 0.29) is 5.91 Å². The number of hydrogen-bond donors (Lipinski definition) is 4. The van der Waals surface area contributed by atoms with E-state index in [1.807, 2.05) is 0 Å². The molecular weight excluding hydrogens is 450 g/mol. The minimum absolute atomic E-state index is 0.119. The van der Waals surface area contributed by atoms with Crippen LogP contribution in [0.15, 0.2) is 42.5 Å². The fourth-order valence-electron chi connectivity index (χ4n) is 3.44. The number of hydrogen-bond acceptors (Lipinski definition) is 5. The molecule has 0 aliphatic carbocycles. The third-order valence-corrected chi connectivity index (χ3v) is 5.87. The van der Waals surface area contributed by atoms with Crippen LogP contribution in [0.25, 0.3) is 0 Å². The van der Waals surface area contributed by atoms with Gasteiger partial charge >= 0.3 is 6.03 Å². The molecule has 0 saturated carbocycles. The molecule has 0 aromatic heterocycles. The molecule has 0 unspecified atom stereocenters. The van der Waals surface area contributed by atoms with Crippen LogP contribution in [0.5, 0.6) is 0 Å². The second kappa shape index (κ2) is 11.2. The van der Waals surface area contributed by atoms with Crippen molar-refractivity contribution in [3.05, 3.63) is 53.1 Å². The first-order valence-corrected chi connectivity index (χ1v) is 11.1. The lowest BCUT2D eigenvalue weighted by Gasteiger charge is -2.19. The molecular formula is C22H26ClN5O3S. The molecule has 4 N–H and O–H groups in total. The van der Waals surface area contributed by atoms with Gasteiger partial charge in [-0.15, -0.1) is 0 Å². The van der Waals surface area contributed by atoms with Crippen LogP contribution < -0.4 is 20.7 Å². The molecule has 2 aromatic carbocycles. The quantitative estimate of drug-likeness (QED) is 0.471. The highest BCUT2D eigenvalue weighted by Gasteiger charge is 2.16. The van der Waals surface area contributed by atoms with E-state index >= 15 is 0 Å². The van der Waals surface area contributed by atoms with Gasteiger partial charge in [0.2, 0.25) is 11.8 Å². The number of amides is 4. The molecule has 1 saturated heterocycles. The van der Waals surface area contributed by atoms with Crippen LogP contribution in [0.4, 0.5) is 21.9 Å². The number of nitrogens with one attached hydrogen (secondary N) is 2. The number of thiol groups is 1. The lowest BCUT2D eigenvalue weighted by Crippen LogP contribution is -2.34. The number of nitrogens with two attached hydrogens (primary N) is 1. The van der Waals surface area contributed by atoms with E-state index in [1.54, 1.807) is 30.3 Å². The summed E-state index contributed by atoms with van der Waals surface area (Å²) in [6.07, 6.45) is 4.64. The summed E-state index contributed by atoms with van der Waals surface area (Å²) in [6.45, 7) is 2.19. The van der Waals surface area contributed by atoms with Crippen molar-refractivity contribution >= 4 is 59.3 Å². The van der Waals surface area contributed by atoms with Crippen molar-refractivity contribution in [2.75, 3.05) is 34.6 Å². The molecule has 2 aromatic rings. The first kappa shape index (κ1) is 23.9. The number of nitrogens with zero attached hydrogens (tertiary/aromatic N) is 2. The summed E-state index contributed by atoms with van der Waals surface area (Å²) in [6, 6.07) is 10.5. The van der Waals surface area contributed by atoms with E-state index in [4.69, 9.17) is 17.3 Å². The Morgan fingerprint density at radius 3 is 2.25 bits per heavy atom. The summed E-state index contributed by atoms with van der Waals surface area (Å²) in [5.41, 5.74) is 6.93. The van der Waals surface area contributed by atoms with Gasteiger partial charge in [0.25, 0.3) is 0 Å². The Labute approximate surface area is 197 Å². The highest BCUT2D eigenvalue weighted by molar-refractivity contribution is 7.82. The maximum Gasteiger partial charge on any atom is 0.336 e. The van der Waals surface area contributed by atoms with Gasteiger partial charge in [-0.3, -0.25) is 14.5 Å². The molecule has 1 fully saturated rings. The monoisotopic (exact) mass is 475 g/mol. The molecule has 1 aliphatic rings. The largest absolute Gasteiger partial charge is 0.366 e. The van der Waals surface area contributed by atoms with Crippen molar-refractivity contribution in [2.24, 2.45) is 5.73 Å². The number of benzene rings is 2. The molecule has 170 valence electrons. The van der Waals surface area contributed by atoms with Crippen LogP contribution >= 0.6 is 24.4 Å². The van der Waals surface area contributed by atoms with Crippen molar-refractivity contribution in [3.63, 3.8) is 0 Å². The van der Waals surface area contributed by atoms with Crippen LogP contribution in [0.2, 0.25) is 5.02 Å². The lowest BCUT2D eigenvalue weighted by molar-refractivity contribution is -0.117. The summed E-state index contributed by atoms with van der Waals surface area (Å²) in [5, 5.41) is 5.83. The van der Waals surface area contributed by atoms with Gasteiger partial charge in [0, 0.05) is 11.3 Å². The van der Waals surface area contributed by atoms with Gasteiger partial charge in [0.05, 0.1) is 22.9 Å². The topological polar surface area (TPSA) is 108 Å². The van der Waals surface area contributed by atoms with E-state index < -0.39 is 11.9 Å². The maximum atomic E-state index is 12.5. The van der Waals surface area contributed by atoms with Crippen LogP contribution in [-0.4, -0.2) is 42.4 Å². The standard InChI is InChI=1S/C22H26ClN5O3S/c23-18-13-16(25-22(31)28(32)17-8-5-15(6-9-17)21(24)30)7-10-19(18)26-20(29)14-27-11-3-1-2-4-12-27/h5-10,13,32H,1-4,11-12,14H2,(H2,24,30)(H,25,31)(H,26,29). The Bertz CT molecular complexity index is 978. The molecule has 1 heterocycles. The van der Waals surface area contributed by atoms with Crippen LogP contribution in [0.1, 0.15) is 36.0 Å². The molecule has 3 rings (SSSR count). The minimum Gasteiger partial charge on any atom is -0.366 e. The number of anilines is 3. The first-order chi connectivity index (χ1) is 15.3. The van der Waals surface area contributed by atoms with Gasteiger partial charge in [0.15, 0.2) is 0 Å². The molecule has 0 bridgehead atoms. The van der Waals surface area contributed by atoms with Gasteiger partial charge in [0.1, 0.15) is 0 Å². The molecule has 0 spiro atoms. The normalized spacial score (nSPS) is 14.3. The number of urea groups is 1. The van der Waals surface area contributed by atoms with E-state index in [2.05, 4.69) is 28.3 Å². The van der Waals surface area contributed by atoms with Crippen LogP contribution in [-0.2, 0) is 4.79 Å². The van der Waals surface area contributed by atoms with Gasteiger partial charge in [-0.05, 0) is 68.4 Å². The van der Waals surface area contributed by atoms with Gasteiger partial charge in [-0.2, -0.15) is 0 Å². The van der Waals surface area contributed by atoms with E-state index in [0.29, 0.717) is 34.2 Å². The minimum atomic E-state index is -0.556. The second-order valence-electron chi connectivity index (χ2n) is 7.59. The molecule has 0 atom stereocenters. The van der Waals surface area contributed by atoms with Gasteiger partial charge in [-0.1, -0.05) is 37.3 Å². The fraction of sp³-hybridized carbons (Fsp3) is 0.318. The Morgan fingerprint density at radius 2 is 1.66 bits per heavy atom. The number of carbonyl (C=O) groups excluding carboxylic acids is 3. The molecule has 0 radical (unpaired) electrons. The van der Waals surface area contributed by atoms with Crippen molar-refractivity contribution in [2.45, 2.75) is 25.7 Å². The third-order valence-electron chi connectivity index (χ3n) is 5.15. The highest BCUT2D eigenvalue weighted by Crippen LogP contribution is 2.26. The van der Waals surface area contributed by atoms with Gasteiger partial charge in [-0.25, -0.2) is 9.10 Å². The summed E-state index contributed by atoms with van der Waals surface area (Å²) < 4.78 is 1.09. The molecule has 32 heavy (non-hydrogen) atoms. The van der Waals surface area contributed by atoms with E-state index in [0.717, 1.165) is 30.2 Å². The zero-order chi connectivity index (χ0) is 23.1. The van der Waals surface area contributed by atoms with Gasteiger partial charge < -0.3 is 16.4 Å². The highest BCUT2D eigenvalue weighted by atomic mass is 35.5. The predicted octanol–water partition coefficient (Wildman–Crippen LogP) is 4.14. The van der Waals surface area contributed by atoms with Crippen LogP contribution in [0.3, 0.4) is 0 Å². The zero-order valence-electron chi connectivity index (χ0n) is 17.5. The van der Waals surface area contributed by atoms with Crippen molar-refractivity contribution in [1.82, 2.24) is 4.90 Å². The van der Waals surface area contributed by atoms with E-state index in [1.165, 1.54) is 25.0 Å². The number of carbonyl (C=O) groups is 3. The summed E-state index contributed by atoms with van der Waals surface area (Å²) in [4.78, 5) is 38.2. The maximum absolute atomic E-state index is 12.5. The average Bonchev–Trinajstić information content (AvgIpc) is 3.03. The molecule has 8 nitrogen and oxygen atoms in total. The molecule has 1 aliphatic heterocycles. The second-order valence-corrected chi connectivity index (χ2v) is 8.39. The predicted molar refractivity (Wildman–Crippen MR) is 130 cm³/mol. The lowest BCUT2D eigenvalue weighted by atomic mass is 10.2. The fourth-order valence-corrected chi connectivity index (χ4v) is 3.85. The smallest absolute Gasteiger partial charge is 0.336 e. The number of likely N-dealkylation sites (tertiary alicyclic amines) is 1. The van der Waals surface area contributed by atoms with E-state index in [9.17, 15) is 14.4 Å². The Hall–Kier alpha value is -2.75. The Kier molecular flexibility index (Phi) is 8.38. The third kappa shape index (κ3) is 6.62. The Balaban J connectivity index is 1.57.